The second-order valence-corrected chi connectivity index (χ2v) is 9.00. The molecule has 1 fully saturated rings. The van der Waals surface area contributed by atoms with Gasteiger partial charge in [-0.1, -0.05) is 0 Å². The van der Waals surface area contributed by atoms with Crippen molar-refractivity contribution in [3.63, 3.8) is 0 Å². The summed E-state index contributed by atoms with van der Waals surface area (Å²) in [4.78, 5) is 17.0. The third kappa shape index (κ3) is 4.27. The monoisotopic (exact) mass is 445 g/mol. The molecule has 1 aliphatic heterocycles. The van der Waals surface area contributed by atoms with Gasteiger partial charge in [0.1, 0.15) is 18.2 Å². The summed E-state index contributed by atoms with van der Waals surface area (Å²) in [6, 6.07) is 10.6. The Labute approximate surface area is 179 Å². The molecule has 0 bridgehead atoms. The van der Waals surface area contributed by atoms with Gasteiger partial charge in [0.2, 0.25) is 10.0 Å². The Bertz CT molecular complexity index is 1200. The average Bonchev–Trinajstić information content (AvgIpc) is 3.15. The highest BCUT2D eigenvalue weighted by Crippen LogP contribution is 2.24. The molecule has 0 atom stereocenters. The van der Waals surface area contributed by atoms with Crippen molar-refractivity contribution in [1.29, 1.82) is 0 Å². The number of aryl methyl sites for hydroxylation is 1. The molecule has 1 aliphatic rings. The highest BCUT2D eigenvalue weighted by Gasteiger charge is 2.27. The van der Waals surface area contributed by atoms with Crippen LogP contribution in [0.4, 0.5) is 0 Å². The van der Waals surface area contributed by atoms with Crippen LogP contribution in [0.1, 0.15) is 23.1 Å². The summed E-state index contributed by atoms with van der Waals surface area (Å²) in [5.41, 5.74) is 1.60. The highest BCUT2D eigenvalue weighted by molar-refractivity contribution is 7.89. The number of imidazole rings is 1. The largest absolute Gasteiger partial charge is 0.508 e. The Hall–Kier alpha value is -2.95. The first-order valence-corrected chi connectivity index (χ1v) is 11.4. The molecule has 1 aromatic heterocycles. The zero-order valence-electron chi connectivity index (χ0n) is 17.0. The van der Waals surface area contributed by atoms with Crippen LogP contribution in [0.15, 0.2) is 47.4 Å². The lowest BCUT2D eigenvalue weighted by molar-refractivity contribution is 0.0458. The van der Waals surface area contributed by atoms with Gasteiger partial charge < -0.3 is 19.1 Å². The number of carbonyl (C=O) groups excluding carboxylic acids is 1. The minimum atomic E-state index is -3.63. The Morgan fingerprint density at radius 3 is 2.55 bits per heavy atom. The van der Waals surface area contributed by atoms with Crippen molar-refractivity contribution < 1.29 is 27.8 Å². The van der Waals surface area contributed by atoms with Crippen molar-refractivity contribution in [3.8, 4) is 5.75 Å². The molecule has 2 heterocycles. The van der Waals surface area contributed by atoms with Crippen LogP contribution in [-0.4, -0.2) is 59.7 Å². The van der Waals surface area contributed by atoms with Crippen molar-refractivity contribution in [2.45, 2.75) is 25.0 Å². The summed E-state index contributed by atoms with van der Waals surface area (Å²) in [6.45, 7) is 3.85. The zero-order chi connectivity index (χ0) is 22.0. The van der Waals surface area contributed by atoms with E-state index in [2.05, 4.69) is 4.98 Å². The van der Waals surface area contributed by atoms with Crippen molar-refractivity contribution in [3.05, 3.63) is 53.9 Å². The number of ether oxygens (including phenoxy) is 2. The number of phenols is 1. The number of esters is 1. The van der Waals surface area contributed by atoms with E-state index in [1.165, 1.54) is 28.6 Å². The fourth-order valence-electron chi connectivity index (χ4n) is 3.53. The van der Waals surface area contributed by atoms with Crippen molar-refractivity contribution in [2.24, 2.45) is 0 Å². The molecule has 0 radical (unpaired) electrons. The number of aromatic nitrogens is 2. The summed E-state index contributed by atoms with van der Waals surface area (Å²) >= 11 is 0. The maximum absolute atomic E-state index is 12.9. The van der Waals surface area contributed by atoms with E-state index < -0.39 is 16.0 Å². The van der Waals surface area contributed by atoms with Crippen molar-refractivity contribution in [1.82, 2.24) is 13.9 Å². The number of phenolic OH excluding ortho intramolecular Hbond substituents is 1. The maximum atomic E-state index is 12.9. The summed E-state index contributed by atoms with van der Waals surface area (Å²) in [5, 5.41) is 9.34. The van der Waals surface area contributed by atoms with E-state index in [4.69, 9.17) is 9.47 Å². The number of benzene rings is 2. The smallest absolute Gasteiger partial charge is 0.338 e. The molecule has 0 spiro atoms. The maximum Gasteiger partial charge on any atom is 0.338 e. The molecule has 0 amide bonds. The van der Waals surface area contributed by atoms with Crippen LogP contribution in [0.25, 0.3) is 11.0 Å². The third-order valence-corrected chi connectivity index (χ3v) is 7.05. The molecule has 1 N–H and O–H groups in total. The van der Waals surface area contributed by atoms with Crippen LogP contribution in [-0.2, 0) is 32.6 Å². The van der Waals surface area contributed by atoms with E-state index in [0.29, 0.717) is 49.8 Å². The average molecular weight is 445 g/mol. The lowest BCUT2D eigenvalue weighted by Crippen LogP contribution is -2.40. The van der Waals surface area contributed by atoms with Gasteiger partial charge in [-0.3, -0.25) is 0 Å². The molecule has 10 heteroatoms. The Kier molecular flexibility index (Phi) is 5.94. The second kappa shape index (κ2) is 8.66. The lowest BCUT2D eigenvalue weighted by atomic mass is 10.2. The number of fused-ring (bicyclic) bond motifs is 1. The number of morpholine rings is 1. The van der Waals surface area contributed by atoms with Gasteiger partial charge in [-0.25, -0.2) is 18.2 Å². The summed E-state index contributed by atoms with van der Waals surface area (Å²) < 4.78 is 39.8. The first-order valence-electron chi connectivity index (χ1n) is 9.93. The minimum absolute atomic E-state index is 0.0617. The Morgan fingerprint density at radius 2 is 1.87 bits per heavy atom. The normalized spacial score (nSPS) is 15.3. The number of sulfonamides is 1. The van der Waals surface area contributed by atoms with Crippen molar-refractivity contribution >= 4 is 27.0 Å². The van der Waals surface area contributed by atoms with E-state index in [-0.39, 0.29) is 17.3 Å². The Balaban J connectivity index is 1.58. The molecule has 9 nitrogen and oxygen atoms in total. The summed E-state index contributed by atoms with van der Waals surface area (Å²) in [7, 11) is -3.63. The molecule has 1 saturated heterocycles. The standard InChI is InChI=1S/C21H23N3O6S/c1-2-24-19-8-7-17(31(27,28)23-9-11-29-12-10-23)13-18(19)22-20(24)14-30-21(26)15-3-5-16(25)6-4-15/h3-8,13,25H,2,9-12,14H2,1H3. The summed E-state index contributed by atoms with van der Waals surface area (Å²) in [6.07, 6.45) is 0. The molecule has 4 rings (SSSR count). The fourth-order valence-corrected chi connectivity index (χ4v) is 4.96. The predicted molar refractivity (Wildman–Crippen MR) is 112 cm³/mol. The van der Waals surface area contributed by atoms with Crippen LogP contribution < -0.4 is 0 Å². The van der Waals surface area contributed by atoms with Crippen LogP contribution in [0.2, 0.25) is 0 Å². The molecular formula is C21H23N3O6S. The van der Waals surface area contributed by atoms with E-state index >= 15 is 0 Å². The molecule has 164 valence electrons. The fraction of sp³-hybridized carbons (Fsp3) is 0.333. The van der Waals surface area contributed by atoms with Crippen LogP contribution in [0.3, 0.4) is 0 Å². The van der Waals surface area contributed by atoms with Gasteiger partial charge in [0, 0.05) is 19.6 Å². The lowest BCUT2D eigenvalue weighted by Gasteiger charge is -2.26. The molecule has 0 aliphatic carbocycles. The van der Waals surface area contributed by atoms with Gasteiger partial charge in [0.05, 0.1) is 34.7 Å². The van der Waals surface area contributed by atoms with E-state index in [0.717, 1.165) is 5.52 Å². The number of rotatable bonds is 6. The molecule has 0 unspecified atom stereocenters. The quantitative estimate of drug-likeness (QED) is 0.579. The molecular weight excluding hydrogens is 422 g/mol. The van der Waals surface area contributed by atoms with E-state index in [9.17, 15) is 18.3 Å². The first kappa shape index (κ1) is 21.3. The van der Waals surface area contributed by atoms with Gasteiger partial charge in [-0.15, -0.1) is 0 Å². The van der Waals surface area contributed by atoms with Crippen LogP contribution in [0, 0.1) is 0 Å². The topological polar surface area (TPSA) is 111 Å². The highest BCUT2D eigenvalue weighted by atomic mass is 32.2. The minimum Gasteiger partial charge on any atom is -0.508 e. The second-order valence-electron chi connectivity index (χ2n) is 7.06. The van der Waals surface area contributed by atoms with Gasteiger partial charge in [-0.2, -0.15) is 4.31 Å². The van der Waals surface area contributed by atoms with Crippen LogP contribution in [0.5, 0.6) is 5.75 Å². The number of aromatic hydroxyl groups is 1. The SMILES string of the molecule is CCn1c(COC(=O)c2ccc(O)cc2)nc2cc(S(=O)(=O)N3CCOCC3)ccc21. The van der Waals surface area contributed by atoms with Crippen molar-refractivity contribution in [2.75, 3.05) is 26.3 Å². The van der Waals surface area contributed by atoms with E-state index in [1.54, 1.807) is 18.2 Å². The van der Waals surface area contributed by atoms with E-state index in [1.807, 2.05) is 11.5 Å². The third-order valence-electron chi connectivity index (χ3n) is 5.16. The van der Waals surface area contributed by atoms with Gasteiger partial charge in [0.15, 0.2) is 0 Å². The Morgan fingerprint density at radius 1 is 1.16 bits per heavy atom. The zero-order valence-corrected chi connectivity index (χ0v) is 17.8. The van der Waals surface area contributed by atoms with Gasteiger partial charge in [-0.05, 0) is 49.4 Å². The molecule has 2 aromatic carbocycles. The molecule has 0 saturated carbocycles. The van der Waals surface area contributed by atoms with Gasteiger partial charge >= 0.3 is 5.97 Å². The number of carbonyl (C=O) groups is 1. The number of nitrogens with zero attached hydrogens (tertiary/aromatic N) is 3. The van der Waals surface area contributed by atoms with Crippen LogP contribution >= 0.6 is 0 Å². The molecule has 3 aromatic rings. The summed E-state index contributed by atoms with van der Waals surface area (Å²) in [5.74, 6) is 0.0444. The molecule has 31 heavy (non-hydrogen) atoms. The van der Waals surface area contributed by atoms with Gasteiger partial charge in [0.25, 0.3) is 0 Å². The number of hydrogen-bond donors (Lipinski definition) is 1. The first-order chi connectivity index (χ1) is 14.9. The number of hydrogen-bond acceptors (Lipinski definition) is 7. The predicted octanol–water partition coefficient (Wildman–Crippen LogP) is 2.14.